The second-order valence-electron chi connectivity index (χ2n) is 5.50. The molecule has 4 nitrogen and oxygen atoms in total. The zero-order valence-corrected chi connectivity index (χ0v) is 14.8. The Balaban J connectivity index is 1.89. The molecule has 24 heavy (non-hydrogen) atoms. The van der Waals surface area contributed by atoms with Crippen molar-refractivity contribution in [2.75, 3.05) is 31.1 Å². The maximum absolute atomic E-state index is 15.1. The molecule has 8 heteroatoms. The number of nitrogens with zero attached hydrogens (tertiary/aromatic N) is 3. The third-order valence-electron chi connectivity index (χ3n) is 4.05. The van der Waals surface area contributed by atoms with E-state index in [0.29, 0.717) is 16.2 Å². The van der Waals surface area contributed by atoms with E-state index in [1.165, 1.54) is 11.5 Å². The van der Waals surface area contributed by atoms with E-state index in [0.717, 1.165) is 36.6 Å². The van der Waals surface area contributed by atoms with E-state index in [9.17, 15) is 0 Å². The maximum atomic E-state index is 15.1. The Morgan fingerprint density at radius 2 is 2.00 bits per heavy atom. The van der Waals surface area contributed by atoms with Gasteiger partial charge in [-0.2, -0.15) is 4.37 Å². The second-order valence-corrected chi connectivity index (χ2v) is 7.07. The minimum absolute atomic E-state index is 0.201. The summed E-state index contributed by atoms with van der Waals surface area (Å²) in [5.41, 5.74) is 0.849. The van der Waals surface area contributed by atoms with Gasteiger partial charge in [-0.15, -0.1) is 0 Å². The molecule has 3 aromatic rings. The standard InChI is InChI=1S/C16H13Cl2FN4S/c17-10-2-1-3-21-15(10)12-11(18)8-9-14(13(12)19)22-24-16(9)23-6-4-20-5-7-23/h1-3,8,20H,4-7H2. The third kappa shape index (κ3) is 2.63. The lowest BCUT2D eigenvalue weighted by Crippen LogP contribution is -2.43. The van der Waals surface area contributed by atoms with E-state index < -0.39 is 5.82 Å². The number of halogens is 3. The summed E-state index contributed by atoms with van der Waals surface area (Å²) in [4.78, 5) is 6.38. The van der Waals surface area contributed by atoms with Crippen molar-refractivity contribution in [3.05, 3.63) is 40.3 Å². The molecule has 1 aliphatic heterocycles. The van der Waals surface area contributed by atoms with Crippen LogP contribution in [0.3, 0.4) is 0 Å². The number of anilines is 1. The predicted octanol–water partition coefficient (Wildman–Crippen LogP) is 4.21. The first-order valence-electron chi connectivity index (χ1n) is 7.50. The highest BCUT2D eigenvalue weighted by atomic mass is 35.5. The van der Waals surface area contributed by atoms with Gasteiger partial charge in [0, 0.05) is 37.8 Å². The smallest absolute Gasteiger partial charge is 0.161 e. The molecule has 0 spiro atoms. The van der Waals surface area contributed by atoms with Crippen LogP contribution in [0, 0.1) is 5.82 Å². The Hall–Kier alpha value is -1.47. The van der Waals surface area contributed by atoms with Gasteiger partial charge in [0.15, 0.2) is 5.82 Å². The average Bonchev–Trinajstić information content (AvgIpc) is 3.01. The fraction of sp³-hybridized carbons (Fsp3) is 0.250. The molecule has 4 rings (SSSR count). The van der Waals surface area contributed by atoms with Crippen molar-refractivity contribution >= 4 is 50.6 Å². The summed E-state index contributed by atoms with van der Waals surface area (Å²) in [5.74, 6) is -0.476. The number of rotatable bonds is 2. The van der Waals surface area contributed by atoms with Crippen LogP contribution in [0.25, 0.3) is 22.2 Å². The quantitative estimate of drug-likeness (QED) is 0.720. The lowest BCUT2D eigenvalue weighted by atomic mass is 10.1. The molecule has 3 heterocycles. The predicted molar refractivity (Wildman–Crippen MR) is 97.9 cm³/mol. The van der Waals surface area contributed by atoms with Crippen LogP contribution >= 0.6 is 34.7 Å². The van der Waals surface area contributed by atoms with Crippen molar-refractivity contribution in [1.29, 1.82) is 0 Å². The number of hydrogen-bond donors (Lipinski definition) is 1. The largest absolute Gasteiger partial charge is 0.359 e. The van der Waals surface area contributed by atoms with Gasteiger partial charge in [0.1, 0.15) is 10.5 Å². The number of piperazine rings is 1. The highest BCUT2D eigenvalue weighted by molar-refractivity contribution is 7.11. The van der Waals surface area contributed by atoms with Crippen LogP contribution in [0.2, 0.25) is 10.0 Å². The molecule has 0 aliphatic carbocycles. The van der Waals surface area contributed by atoms with Gasteiger partial charge in [0.25, 0.3) is 0 Å². The Morgan fingerprint density at radius 3 is 2.75 bits per heavy atom. The number of nitrogens with one attached hydrogen (secondary N) is 1. The maximum Gasteiger partial charge on any atom is 0.161 e. The number of hydrogen-bond acceptors (Lipinski definition) is 5. The number of aromatic nitrogens is 2. The van der Waals surface area contributed by atoms with Crippen molar-refractivity contribution in [3.63, 3.8) is 0 Å². The average molecular weight is 383 g/mol. The van der Waals surface area contributed by atoms with Crippen LogP contribution in [-0.4, -0.2) is 35.5 Å². The molecule has 0 radical (unpaired) electrons. The van der Waals surface area contributed by atoms with Crippen molar-refractivity contribution in [3.8, 4) is 11.3 Å². The molecule has 0 bridgehead atoms. The fourth-order valence-corrected chi connectivity index (χ4v) is 4.29. The van der Waals surface area contributed by atoms with Gasteiger partial charge in [-0.25, -0.2) is 4.39 Å². The molecule has 1 aliphatic rings. The highest BCUT2D eigenvalue weighted by Gasteiger charge is 2.23. The lowest BCUT2D eigenvalue weighted by molar-refractivity contribution is 0.592. The molecule has 1 saturated heterocycles. The van der Waals surface area contributed by atoms with Gasteiger partial charge in [-0.1, -0.05) is 23.2 Å². The van der Waals surface area contributed by atoms with E-state index in [2.05, 4.69) is 19.6 Å². The van der Waals surface area contributed by atoms with E-state index >= 15 is 4.39 Å². The molecule has 0 amide bonds. The molecule has 0 saturated carbocycles. The summed E-state index contributed by atoms with van der Waals surface area (Å²) in [6, 6.07) is 5.12. The molecular formula is C16H13Cl2FN4S. The third-order valence-corrected chi connectivity index (χ3v) is 5.57. The van der Waals surface area contributed by atoms with Gasteiger partial charge in [0.05, 0.1) is 21.3 Å². The molecule has 1 fully saturated rings. The Morgan fingerprint density at radius 1 is 1.21 bits per heavy atom. The number of pyridine rings is 1. The Bertz CT molecular complexity index is 908. The summed E-state index contributed by atoms with van der Waals surface area (Å²) in [6.45, 7) is 3.53. The van der Waals surface area contributed by atoms with E-state index in [-0.39, 0.29) is 10.6 Å². The topological polar surface area (TPSA) is 41.1 Å². The molecular weight excluding hydrogens is 370 g/mol. The van der Waals surface area contributed by atoms with Crippen LogP contribution in [0.4, 0.5) is 9.39 Å². The van der Waals surface area contributed by atoms with Crippen molar-refractivity contribution < 1.29 is 4.39 Å². The van der Waals surface area contributed by atoms with E-state index in [1.54, 1.807) is 24.4 Å². The highest BCUT2D eigenvalue weighted by Crippen LogP contribution is 2.41. The van der Waals surface area contributed by atoms with Crippen LogP contribution in [0.1, 0.15) is 0 Å². The lowest BCUT2D eigenvalue weighted by Gasteiger charge is -2.28. The van der Waals surface area contributed by atoms with Crippen LogP contribution in [-0.2, 0) is 0 Å². The van der Waals surface area contributed by atoms with Crippen LogP contribution in [0.15, 0.2) is 24.4 Å². The second kappa shape index (κ2) is 6.44. The molecule has 1 aromatic carbocycles. The van der Waals surface area contributed by atoms with Crippen molar-refractivity contribution in [2.45, 2.75) is 0 Å². The molecule has 0 atom stereocenters. The van der Waals surface area contributed by atoms with Gasteiger partial charge < -0.3 is 10.2 Å². The van der Waals surface area contributed by atoms with Gasteiger partial charge >= 0.3 is 0 Å². The summed E-state index contributed by atoms with van der Waals surface area (Å²) >= 11 is 13.8. The molecule has 0 unspecified atom stereocenters. The van der Waals surface area contributed by atoms with Gasteiger partial charge in [0.2, 0.25) is 0 Å². The minimum Gasteiger partial charge on any atom is -0.359 e. The minimum atomic E-state index is -0.476. The number of fused-ring (bicyclic) bond motifs is 1. The van der Waals surface area contributed by atoms with Crippen molar-refractivity contribution in [1.82, 2.24) is 14.7 Å². The van der Waals surface area contributed by atoms with E-state index in [1.807, 2.05) is 0 Å². The summed E-state index contributed by atoms with van der Waals surface area (Å²) in [5, 5.41) is 5.64. The zero-order chi connectivity index (χ0) is 16.7. The molecule has 1 N–H and O–H groups in total. The van der Waals surface area contributed by atoms with Gasteiger partial charge in [-0.3, -0.25) is 4.98 Å². The van der Waals surface area contributed by atoms with Crippen LogP contribution in [0.5, 0.6) is 0 Å². The fourth-order valence-electron chi connectivity index (χ4n) is 2.88. The van der Waals surface area contributed by atoms with Crippen LogP contribution < -0.4 is 10.2 Å². The Kier molecular flexibility index (Phi) is 4.30. The first-order valence-corrected chi connectivity index (χ1v) is 9.03. The van der Waals surface area contributed by atoms with Gasteiger partial charge in [-0.05, 0) is 29.7 Å². The SMILES string of the molecule is Fc1c(-c2ncccc2Cl)c(Cl)cc2c(N3CCNCC3)snc12. The monoisotopic (exact) mass is 382 g/mol. The first-order chi connectivity index (χ1) is 11.7. The first kappa shape index (κ1) is 16.0. The Labute approximate surface area is 152 Å². The summed E-state index contributed by atoms with van der Waals surface area (Å²) < 4.78 is 19.4. The van der Waals surface area contributed by atoms with Crippen molar-refractivity contribution in [2.24, 2.45) is 0 Å². The number of benzene rings is 1. The summed E-state index contributed by atoms with van der Waals surface area (Å²) in [6.07, 6.45) is 1.56. The molecule has 124 valence electrons. The van der Waals surface area contributed by atoms with E-state index in [4.69, 9.17) is 23.2 Å². The molecule has 2 aromatic heterocycles. The normalized spacial score (nSPS) is 15.2. The zero-order valence-electron chi connectivity index (χ0n) is 12.5. The summed E-state index contributed by atoms with van der Waals surface area (Å²) in [7, 11) is 0.